The molecule has 7 heteroatoms. The summed E-state index contributed by atoms with van der Waals surface area (Å²) in [7, 11) is 1.55. The molecule has 122 valence electrons. The van der Waals surface area contributed by atoms with Crippen LogP contribution in [0.1, 0.15) is 16.2 Å². The van der Waals surface area contributed by atoms with Crippen molar-refractivity contribution in [2.24, 2.45) is 0 Å². The van der Waals surface area contributed by atoms with Crippen LogP contribution >= 0.6 is 0 Å². The van der Waals surface area contributed by atoms with Crippen LogP contribution < -0.4 is 10.1 Å². The highest BCUT2D eigenvalue weighted by Crippen LogP contribution is 2.16. The number of nitrogens with one attached hydrogen (secondary N) is 1. The first kappa shape index (κ1) is 15.8. The lowest BCUT2D eigenvalue weighted by molar-refractivity contribution is 0.0943. The van der Waals surface area contributed by atoms with Crippen LogP contribution in [0.5, 0.6) is 5.75 Å². The van der Waals surface area contributed by atoms with E-state index in [-0.39, 0.29) is 18.2 Å². The van der Waals surface area contributed by atoms with Crippen molar-refractivity contribution in [3.63, 3.8) is 0 Å². The van der Waals surface area contributed by atoms with Gasteiger partial charge in [-0.1, -0.05) is 18.2 Å². The van der Waals surface area contributed by atoms with Gasteiger partial charge in [-0.25, -0.2) is 9.37 Å². The van der Waals surface area contributed by atoms with E-state index in [0.29, 0.717) is 28.8 Å². The molecule has 2 aromatic carbocycles. The zero-order valence-electron chi connectivity index (χ0n) is 13.0. The maximum Gasteiger partial charge on any atom is 0.291 e. The number of carbonyl (C=O) groups excluding carboxylic acids is 1. The molecule has 0 aliphatic rings. The summed E-state index contributed by atoms with van der Waals surface area (Å²) in [5.74, 6) is -0.163. The number of aromatic nitrogens is 3. The molecule has 1 N–H and O–H groups in total. The minimum atomic E-state index is -0.455. The molecule has 0 fully saturated rings. The van der Waals surface area contributed by atoms with E-state index in [1.165, 1.54) is 6.07 Å². The quantitative estimate of drug-likeness (QED) is 0.777. The van der Waals surface area contributed by atoms with Crippen molar-refractivity contribution in [2.75, 3.05) is 13.7 Å². The molecule has 0 radical (unpaired) electrons. The van der Waals surface area contributed by atoms with Gasteiger partial charge in [0.2, 0.25) is 5.82 Å². The van der Waals surface area contributed by atoms with Gasteiger partial charge in [0.05, 0.1) is 12.6 Å². The Morgan fingerprint density at radius 2 is 2.00 bits per heavy atom. The summed E-state index contributed by atoms with van der Waals surface area (Å²) in [6.45, 7) is 0.277. The lowest BCUT2D eigenvalue weighted by Gasteiger charge is -2.06. The first-order valence-electron chi connectivity index (χ1n) is 7.37. The third kappa shape index (κ3) is 3.45. The number of hydrogen-bond donors (Lipinski definition) is 1. The van der Waals surface area contributed by atoms with Crippen LogP contribution in [0.15, 0.2) is 42.5 Å². The predicted molar refractivity (Wildman–Crippen MR) is 86.3 cm³/mol. The van der Waals surface area contributed by atoms with Crippen molar-refractivity contribution in [2.45, 2.75) is 6.42 Å². The number of methoxy groups -OCH3 is 1. The number of rotatable bonds is 5. The molecule has 6 nitrogen and oxygen atoms in total. The zero-order chi connectivity index (χ0) is 16.9. The van der Waals surface area contributed by atoms with Crippen LogP contribution in [0.2, 0.25) is 0 Å². The highest BCUT2D eigenvalue weighted by molar-refractivity contribution is 5.91. The van der Waals surface area contributed by atoms with E-state index < -0.39 is 5.91 Å². The molecule has 0 unspecified atom stereocenters. The van der Waals surface area contributed by atoms with Crippen molar-refractivity contribution in [3.05, 3.63) is 59.7 Å². The molecule has 1 aromatic heterocycles. The van der Waals surface area contributed by atoms with Gasteiger partial charge in [0.15, 0.2) is 0 Å². The Hall–Kier alpha value is -3.09. The van der Waals surface area contributed by atoms with Crippen molar-refractivity contribution >= 4 is 16.9 Å². The third-order valence-electron chi connectivity index (χ3n) is 3.50. The highest BCUT2D eigenvalue weighted by Gasteiger charge is 2.11. The number of halogens is 1. The molecule has 0 bridgehead atoms. The number of benzene rings is 2. The van der Waals surface area contributed by atoms with Crippen LogP contribution in [-0.2, 0) is 6.42 Å². The molecule has 0 saturated carbocycles. The van der Waals surface area contributed by atoms with Gasteiger partial charge >= 0.3 is 0 Å². The van der Waals surface area contributed by atoms with Crippen molar-refractivity contribution in [3.8, 4) is 5.75 Å². The Morgan fingerprint density at radius 1 is 1.17 bits per heavy atom. The molecule has 24 heavy (non-hydrogen) atoms. The fourth-order valence-electron chi connectivity index (χ4n) is 2.23. The van der Waals surface area contributed by atoms with Gasteiger partial charge in [-0.3, -0.25) is 4.79 Å². The topological polar surface area (TPSA) is 77.0 Å². The Bertz CT molecular complexity index is 885. The molecular formula is C17H15FN4O2. The second kappa shape index (κ2) is 6.99. The number of ether oxygens (including phenoxy) is 1. The van der Waals surface area contributed by atoms with Crippen LogP contribution in [-0.4, -0.2) is 34.7 Å². The number of nitrogens with zero attached hydrogens (tertiary/aromatic N) is 3. The Kier molecular flexibility index (Phi) is 4.60. The first-order valence-corrected chi connectivity index (χ1v) is 7.37. The second-order valence-electron chi connectivity index (χ2n) is 5.09. The molecule has 0 aliphatic heterocycles. The summed E-state index contributed by atoms with van der Waals surface area (Å²) >= 11 is 0. The molecule has 3 aromatic rings. The van der Waals surface area contributed by atoms with Gasteiger partial charge < -0.3 is 10.1 Å². The van der Waals surface area contributed by atoms with E-state index in [0.717, 1.165) is 0 Å². The largest absolute Gasteiger partial charge is 0.497 e. The molecule has 0 spiro atoms. The SMILES string of the molecule is COc1ccc2nnc(C(=O)NCCc3ccccc3F)nc2c1. The molecule has 0 aliphatic carbocycles. The number of fused-ring (bicyclic) bond motifs is 1. The summed E-state index contributed by atoms with van der Waals surface area (Å²) in [6, 6.07) is 11.6. The Labute approximate surface area is 137 Å². The lowest BCUT2D eigenvalue weighted by Crippen LogP contribution is -2.28. The summed E-state index contributed by atoms with van der Waals surface area (Å²) < 4.78 is 18.6. The second-order valence-corrected chi connectivity index (χ2v) is 5.09. The lowest BCUT2D eigenvalue weighted by atomic mass is 10.1. The number of amides is 1. The van der Waals surface area contributed by atoms with E-state index in [1.54, 1.807) is 43.5 Å². The fraction of sp³-hybridized carbons (Fsp3) is 0.176. The van der Waals surface area contributed by atoms with Crippen molar-refractivity contribution in [1.29, 1.82) is 0 Å². The predicted octanol–water partition coefficient (Wildman–Crippen LogP) is 2.14. The molecule has 3 rings (SSSR count). The zero-order valence-corrected chi connectivity index (χ0v) is 13.0. The van der Waals surface area contributed by atoms with E-state index >= 15 is 0 Å². The number of hydrogen-bond acceptors (Lipinski definition) is 5. The fourth-order valence-corrected chi connectivity index (χ4v) is 2.23. The number of carbonyl (C=O) groups is 1. The van der Waals surface area contributed by atoms with Gasteiger partial charge in [-0.2, -0.15) is 0 Å². The van der Waals surface area contributed by atoms with E-state index in [4.69, 9.17) is 4.74 Å². The minimum absolute atomic E-state index is 0.0377. The standard InChI is InChI=1S/C17H15FN4O2/c1-24-12-6-7-14-15(10-12)20-16(22-21-14)17(23)19-9-8-11-4-2-3-5-13(11)18/h2-7,10H,8-9H2,1H3,(H,19,23). The molecule has 0 saturated heterocycles. The maximum atomic E-state index is 13.5. The van der Waals surface area contributed by atoms with E-state index in [1.807, 2.05) is 0 Å². The van der Waals surface area contributed by atoms with E-state index in [2.05, 4.69) is 20.5 Å². The molecule has 0 atom stereocenters. The third-order valence-corrected chi connectivity index (χ3v) is 3.50. The van der Waals surface area contributed by atoms with Crippen LogP contribution in [0.25, 0.3) is 11.0 Å². The van der Waals surface area contributed by atoms with Gasteiger partial charge in [0.25, 0.3) is 5.91 Å². The minimum Gasteiger partial charge on any atom is -0.497 e. The van der Waals surface area contributed by atoms with Crippen LogP contribution in [0.3, 0.4) is 0 Å². The Morgan fingerprint density at radius 3 is 2.79 bits per heavy atom. The van der Waals surface area contributed by atoms with Gasteiger partial charge in [-0.05, 0) is 30.2 Å². The average Bonchev–Trinajstić information content (AvgIpc) is 2.62. The van der Waals surface area contributed by atoms with E-state index in [9.17, 15) is 9.18 Å². The van der Waals surface area contributed by atoms with Crippen molar-refractivity contribution < 1.29 is 13.9 Å². The summed E-state index contributed by atoms with van der Waals surface area (Å²) in [5.41, 5.74) is 1.63. The average molecular weight is 326 g/mol. The molecular weight excluding hydrogens is 311 g/mol. The molecule has 1 amide bonds. The maximum absolute atomic E-state index is 13.5. The van der Waals surface area contributed by atoms with Gasteiger partial charge in [0, 0.05) is 12.6 Å². The smallest absolute Gasteiger partial charge is 0.291 e. The van der Waals surface area contributed by atoms with Crippen LogP contribution in [0, 0.1) is 5.82 Å². The highest BCUT2D eigenvalue weighted by atomic mass is 19.1. The van der Waals surface area contributed by atoms with Gasteiger partial charge in [-0.15, -0.1) is 10.2 Å². The molecule has 1 heterocycles. The van der Waals surface area contributed by atoms with Crippen LogP contribution in [0.4, 0.5) is 4.39 Å². The monoisotopic (exact) mass is 326 g/mol. The summed E-state index contributed by atoms with van der Waals surface area (Å²) in [5, 5.41) is 10.5. The normalized spacial score (nSPS) is 10.6. The Balaban J connectivity index is 1.68. The van der Waals surface area contributed by atoms with Crippen molar-refractivity contribution in [1.82, 2.24) is 20.5 Å². The summed E-state index contributed by atoms with van der Waals surface area (Å²) in [6.07, 6.45) is 0.382. The van der Waals surface area contributed by atoms with Gasteiger partial charge in [0.1, 0.15) is 17.1 Å². The summed E-state index contributed by atoms with van der Waals surface area (Å²) in [4.78, 5) is 16.3. The first-order chi connectivity index (χ1) is 11.7.